The van der Waals surface area contributed by atoms with Crippen molar-refractivity contribution in [2.45, 2.75) is 12.8 Å². The third-order valence-electron chi connectivity index (χ3n) is 2.65. The number of aromatic nitrogens is 2. The molecule has 1 saturated carbocycles. The van der Waals surface area contributed by atoms with Gasteiger partial charge in [0.25, 0.3) is 0 Å². The van der Waals surface area contributed by atoms with Crippen molar-refractivity contribution in [1.82, 2.24) is 9.78 Å². The largest absolute Gasteiger partial charge is 0.424 e. The van der Waals surface area contributed by atoms with E-state index in [4.69, 9.17) is 4.74 Å². The fraction of sp³-hybridized carbons (Fsp3) is 0.231. The van der Waals surface area contributed by atoms with Crippen LogP contribution in [0.4, 0.5) is 0 Å². The van der Waals surface area contributed by atoms with E-state index in [1.807, 2.05) is 6.07 Å². The number of nitrogens with zero attached hydrogens (tertiary/aromatic N) is 2. The summed E-state index contributed by atoms with van der Waals surface area (Å²) in [6, 6.07) is 10.2. The highest BCUT2D eigenvalue weighted by Crippen LogP contribution is 2.32. The third kappa shape index (κ3) is 2.06. The molecule has 1 heterocycles. The minimum absolute atomic E-state index is 0.0840. The highest BCUT2D eigenvalue weighted by Gasteiger charge is 2.32. The average molecular weight is 227 g/mol. The highest BCUT2D eigenvalue weighted by molar-refractivity contribution is 5.78. The van der Waals surface area contributed by atoms with Crippen molar-refractivity contribution in [1.29, 1.82) is 0 Å². The van der Waals surface area contributed by atoms with Crippen LogP contribution >= 0.6 is 0 Å². The van der Waals surface area contributed by atoms with Crippen LogP contribution in [0, 0.1) is 12.0 Å². The Balaban J connectivity index is 1.90. The minimum atomic E-state index is -0.155. The van der Waals surface area contributed by atoms with E-state index in [-0.39, 0.29) is 11.9 Å². The number of hydrogen-bond donors (Lipinski definition) is 0. The number of rotatable bonds is 3. The van der Waals surface area contributed by atoms with Crippen LogP contribution < -0.4 is 4.74 Å². The monoisotopic (exact) mass is 227 g/mol. The summed E-state index contributed by atoms with van der Waals surface area (Å²) in [6.07, 6.45) is 5.34. The summed E-state index contributed by atoms with van der Waals surface area (Å²) in [5.41, 5.74) is 0.659. The second-order valence-corrected chi connectivity index (χ2v) is 4.03. The van der Waals surface area contributed by atoms with Crippen molar-refractivity contribution < 1.29 is 9.53 Å². The molecular formula is C13H11N2O2. The summed E-state index contributed by atoms with van der Waals surface area (Å²) in [6.45, 7) is 0. The number of carbonyl (C=O) groups excluding carboxylic acids is 1. The Labute approximate surface area is 98.8 Å². The molecule has 1 aliphatic rings. The Kier molecular flexibility index (Phi) is 2.40. The van der Waals surface area contributed by atoms with Gasteiger partial charge in [0.05, 0.1) is 5.92 Å². The number of carbonyl (C=O) groups is 1. The van der Waals surface area contributed by atoms with E-state index < -0.39 is 0 Å². The molecule has 85 valence electrons. The highest BCUT2D eigenvalue weighted by atomic mass is 16.5. The van der Waals surface area contributed by atoms with Crippen molar-refractivity contribution in [3.63, 3.8) is 0 Å². The Morgan fingerprint density at radius 2 is 2.35 bits per heavy atom. The van der Waals surface area contributed by atoms with Crippen molar-refractivity contribution in [3.8, 4) is 11.4 Å². The SMILES string of the molecule is O=C(Oc1ccc[c]c1-n1cccn1)C1CC1. The summed E-state index contributed by atoms with van der Waals surface area (Å²) in [5.74, 6) is 0.437. The first-order valence-electron chi connectivity index (χ1n) is 5.57. The zero-order valence-corrected chi connectivity index (χ0v) is 9.17. The first kappa shape index (κ1) is 10.1. The first-order chi connectivity index (χ1) is 8.34. The van der Waals surface area contributed by atoms with E-state index in [9.17, 15) is 4.79 Å². The van der Waals surface area contributed by atoms with Gasteiger partial charge in [-0.05, 0) is 25.0 Å². The van der Waals surface area contributed by atoms with E-state index in [1.165, 1.54) is 0 Å². The molecule has 0 bridgehead atoms. The van der Waals surface area contributed by atoms with Crippen LogP contribution in [-0.4, -0.2) is 15.7 Å². The molecule has 0 amide bonds. The molecule has 1 fully saturated rings. The smallest absolute Gasteiger partial charge is 0.314 e. The zero-order valence-electron chi connectivity index (χ0n) is 9.17. The zero-order chi connectivity index (χ0) is 11.7. The van der Waals surface area contributed by atoms with Gasteiger partial charge in [-0.2, -0.15) is 5.10 Å². The number of benzene rings is 1. The molecule has 0 spiro atoms. The second-order valence-electron chi connectivity index (χ2n) is 4.03. The minimum Gasteiger partial charge on any atom is -0.424 e. The molecule has 3 rings (SSSR count). The van der Waals surface area contributed by atoms with E-state index in [1.54, 1.807) is 35.3 Å². The molecule has 4 nitrogen and oxygen atoms in total. The van der Waals surface area contributed by atoms with Gasteiger partial charge >= 0.3 is 5.97 Å². The van der Waals surface area contributed by atoms with Crippen LogP contribution in [0.25, 0.3) is 5.69 Å². The fourth-order valence-corrected chi connectivity index (χ4v) is 1.59. The average Bonchev–Trinajstić information content (AvgIpc) is 3.06. The van der Waals surface area contributed by atoms with E-state index in [2.05, 4.69) is 11.2 Å². The Bertz CT molecular complexity index is 530. The van der Waals surface area contributed by atoms with Crippen molar-refractivity contribution in [3.05, 3.63) is 42.7 Å². The number of ether oxygens (including phenoxy) is 1. The van der Waals surface area contributed by atoms with Gasteiger partial charge < -0.3 is 4.74 Å². The number of para-hydroxylation sites is 1. The molecule has 0 aliphatic heterocycles. The second kappa shape index (κ2) is 4.05. The molecule has 0 atom stereocenters. The molecule has 1 radical (unpaired) electrons. The number of hydrogen-bond acceptors (Lipinski definition) is 3. The van der Waals surface area contributed by atoms with Crippen molar-refractivity contribution >= 4 is 5.97 Å². The molecule has 4 heteroatoms. The van der Waals surface area contributed by atoms with Gasteiger partial charge in [-0.25, -0.2) is 4.68 Å². The van der Waals surface area contributed by atoms with Gasteiger partial charge in [-0.1, -0.05) is 12.1 Å². The molecule has 0 unspecified atom stereocenters. The lowest BCUT2D eigenvalue weighted by molar-refractivity contribution is -0.135. The maximum absolute atomic E-state index is 11.6. The van der Waals surface area contributed by atoms with Crippen LogP contribution in [0.3, 0.4) is 0 Å². The molecule has 0 saturated heterocycles. The lowest BCUT2D eigenvalue weighted by Gasteiger charge is -2.08. The summed E-state index contributed by atoms with van der Waals surface area (Å²) < 4.78 is 7.00. The van der Waals surface area contributed by atoms with Crippen LogP contribution in [0.5, 0.6) is 5.75 Å². The fourth-order valence-electron chi connectivity index (χ4n) is 1.59. The molecule has 1 aliphatic carbocycles. The lowest BCUT2D eigenvalue weighted by atomic mass is 10.3. The van der Waals surface area contributed by atoms with Crippen LogP contribution in [0.2, 0.25) is 0 Å². The number of esters is 1. The van der Waals surface area contributed by atoms with Gasteiger partial charge in [-0.3, -0.25) is 4.79 Å². The van der Waals surface area contributed by atoms with Gasteiger partial charge in [-0.15, -0.1) is 0 Å². The van der Waals surface area contributed by atoms with Crippen LogP contribution in [0.15, 0.2) is 36.7 Å². The van der Waals surface area contributed by atoms with Gasteiger partial charge in [0.2, 0.25) is 0 Å². The van der Waals surface area contributed by atoms with Crippen LogP contribution in [0.1, 0.15) is 12.8 Å². The summed E-state index contributed by atoms with van der Waals surface area (Å²) >= 11 is 0. The molecule has 17 heavy (non-hydrogen) atoms. The van der Waals surface area contributed by atoms with Gasteiger partial charge in [0.15, 0.2) is 5.75 Å². The molecule has 1 aromatic heterocycles. The Morgan fingerprint density at radius 3 is 3.06 bits per heavy atom. The summed E-state index contributed by atoms with van der Waals surface area (Å²) in [5, 5.41) is 4.11. The van der Waals surface area contributed by atoms with Crippen molar-refractivity contribution in [2.24, 2.45) is 5.92 Å². The third-order valence-corrected chi connectivity index (χ3v) is 2.65. The Hall–Kier alpha value is -2.10. The van der Waals surface area contributed by atoms with Crippen molar-refractivity contribution in [2.75, 3.05) is 0 Å². The predicted molar refractivity (Wildman–Crippen MR) is 60.8 cm³/mol. The topological polar surface area (TPSA) is 44.1 Å². The van der Waals surface area contributed by atoms with Gasteiger partial charge in [0.1, 0.15) is 5.69 Å². The van der Waals surface area contributed by atoms with E-state index in [0.29, 0.717) is 11.4 Å². The lowest BCUT2D eigenvalue weighted by Crippen LogP contribution is -2.11. The first-order valence-corrected chi connectivity index (χ1v) is 5.57. The normalized spacial score (nSPS) is 14.6. The molecule has 2 aromatic rings. The van der Waals surface area contributed by atoms with E-state index in [0.717, 1.165) is 12.8 Å². The Morgan fingerprint density at radius 1 is 1.47 bits per heavy atom. The quantitative estimate of drug-likeness (QED) is 0.595. The molecule has 0 N–H and O–H groups in total. The van der Waals surface area contributed by atoms with E-state index >= 15 is 0 Å². The maximum atomic E-state index is 11.6. The van der Waals surface area contributed by atoms with Crippen LogP contribution in [-0.2, 0) is 4.79 Å². The molecule has 1 aromatic carbocycles. The summed E-state index contributed by atoms with van der Waals surface area (Å²) in [4.78, 5) is 11.6. The van der Waals surface area contributed by atoms with Gasteiger partial charge in [0, 0.05) is 18.5 Å². The maximum Gasteiger partial charge on any atom is 0.314 e. The standard InChI is InChI=1S/C13H11N2O2/c16-13(10-6-7-10)17-12-5-2-1-4-11(12)15-9-3-8-14-15/h1-3,5,8-10H,6-7H2. The molecular weight excluding hydrogens is 216 g/mol. The summed E-state index contributed by atoms with van der Waals surface area (Å²) in [7, 11) is 0. The predicted octanol–water partition coefficient (Wildman–Crippen LogP) is 1.99.